The first kappa shape index (κ1) is 12.0. The van der Waals surface area contributed by atoms with Crippen molar-refractivity contribution < 1.29 is 18.9 Å². The molecule has 0 spiro atoms. The van der Waals surface area contributed by atoms with Gasteiger partial charge in [-0.2, -0.15) is 0 Å². The Morgan fingerprint density at radius 1 is 1.27 bits per heavy atom. The Morgan fingerprint density at radius 3 is 2.20 bits per heavy atom. The fourth-order valence-corrected chi connectivity index (χ4v) is 1.48. The van der Waals surface area contributed by atoms with Crippen molar-refractivity contribution in [1.82, 2.24) is 0 Å². The number of phosphoric acid groups is 1. The van der Waals surface area contributed by atoms with Gasteiger partial charge in [-0.1, -0.05) is 0 Å². The van der Waals surface area contributed by atoms with Gasteiger partial charge < -0.3 is 9.84 Å². The van der Waals surface area contributed by atoms with Crippen LogP contribution in [0.25, 0.3) is 0 Å². The maximum absolute atomic E-state index is 10.5. The number of phosphoric ester groups is 1. The van der Waals surface area contributed by atoms with Gasteiger partial charge in [-0.15, -0.1) is 0 Å². The molecular weight excluding hydrogens is 217 g/mol. The van der Waals surface area contributed by atoms with E-state index in [1.807, 2.05) is 13.8 Å². The molecule has 0 aliphatic heterocycles. The standard InChI is InChI=1S/C9H14NO4P/c1-7(2)10-8-3-5-9(6-4-8)14-15(11,12)13/h3-7,10H,1-2H3,(H2,11,12,13). The largest absolute Gasteiger partial charge is 0.524 e. The average Bonchev–Trinajstić information content (AvgIpc) is 2.05. The fourth-order valence-electron chi connectivity index (χ4n) is 1.08. The lowest BCUT2D eigenvalue weighted by atomic mass is 10.3. The molecule has 0 radical (unpaired) electrons. The van der Waals surface area contributed by atoms with E-state index in [4.69, 9.17) is 9.79 Å². The normalized spacial score (nSPS) is 11.5. The molecule has 0 saturated carbocycles. The van der Waals surface area contributed by atoms with Crippen LogP contribution in [0.5, 0.6) is 5.75 Å². The monoisotopic (exact) mass is 231 g/mol. The van der Waals surface area contributed by atoms with E-state index in [0.29, 0.717) is 6.04 Å². The fraction of sp³-hybridized carbons (Fsp3) is 0.333. The van der Waals surface area contributed by atoms with Gasteiger partial charge in [0, 0.05) is 11.7 Å². The van der Waals surface area contributed by atoms with Crippen molar-refractivity contribution in [1.29, 1.82) is 0 Å². The van der Waals surface area contributed by atoms with Gasteiger partial charge in [0.15, 0.2) is 0 Å². The molecule has 1 aromatic carbocycles. The van der Waals surface area contributed by atoms with Crippen molar-refractivity contribution >= 4 is 13.5 Å². The van der Waals surface area contributed by atoms with Crippen molar-refractivity contribution in [3.8, 4) is 5.75 Å². The van der Waals surface area contributed by atoms with E-state index < -0.39 is 7.82 Å². The first-order valence-corrected chi connectivity index (χ1v) is 6.01. The Bertz CT molecular complexity index is 357. The second-order valence-corrected chi connectivity index (χ2v) is 4.57. The molecular formula is C9H14NO4P. The summed E-state index contributed by atoms with van der Waals surface area (Å²) in [6.07, 6.45) is 0. The summed E-state index contributed by atoms with van der Waals surface area (Å²) in [5.41, 5.74) is 0.878. The number of hydrogen-bond donors (Lipinski definition) is 3. The lowest BCUT2D eigenvalue weighted by Crippen LogP contribution is -2.09. The molecule has 0 atom stereocenters. The first-order chi connectivity index (χ1) is 6.87. The van der Waals surface area contributed by atoms with Crippen molar-refractivity contribution in [2.45, 2.75) is 19.9 Å². The van der Waals surface area contributed by atoms with Crippen molar-refractivity contribution in [3.05, 3.63) is 24.3 Å². The summed E-state index contributed by atoms with van der Waals surface area (Å²) >= 11 is 0. The molecule has 0 aliphatic rings. The predicted molar refractivity (Wildman–Crippen MR) is 57.9 cm³/mol. The average molecular weight is 231 g/mol. The van der Waals surface area contributed by atoms with Crippen LogP contribution >= 0.6 is 7.82 Å². The van der Waals surface area contributed by atoms with Gasteiger partial charge in [-0.25, -0.2) is 4.57 Å². The number of nitrogens with one attached hydrogen (secondary N) is 1. The molecule has 84 valence electrons. The minimum atomic E-state index is -4.45. The van der Waals surface area contributed by atoms with E-state index in [2.05, 4.69) is 9.84 Å². The van der Waals surface area contributed by atoms with Gasteiger partial charge in [0.1, 0.15) is 5.75 Å². The zero-order valence-electron chi connectivity index (χ0n) is 8.54. The Kier molecular flexibility index (Phi) is 3.74. The molecule has 0 fully saturated rings. The number of rotatable bonds is 4. The number of hydrogen-bond acceptors (Lipinski definition) is 3. The lowest BCUT2D eigenvalue weighted by molar-refractivity contribution is 0.283. The van der Waals surface area contributed by atoms with Gasteiger partial charge >= 0.3 is 7.82 Å². The van der Waals surface area contributed by atoms with Crippen LogP contribution in [0.15, 0.2) is 24.3 Å². The lowest BCUT2D eigenvalue weighted by Gasteiger charge is -2.11. The summed E-state index contributed by atoms with van der Waals surface area (Å²) in [5, 5.41) is 3.15. The predicted octanol–water partition coefficient (Wildman–Crippen LogP) is 1.98. The molecule has 5 nitrogen and oxygen atoms in total. The van der Waals surface area contributed by atoms with E-state index in [1.165, 1.54) is 12.1 Å². The Labute approximate surface area is 88.3 Å². The van der Waals surface area contributed by atoms with Crippen molar-refractivity contribution in [2.24, 2.45) is 0 Å². The molecule has 15 heavy (non-hydrogen) atoms. The summed E-state index contributed by atoms with van der Waals surface area (Å²) < 4.78 is 14.9. The maximum Gasteiger partial charge on any atom is 0.524 e. The van der Waals surface area contributed by atoms with Crippen LogP contribution < -0.4 is 9.84 Å². The van der Waals surface area contributed by atoms with Crippen LogP contribution in [0, 0.1) is 0 Å². The van der Waals surface area contributed by atoms with Gasteiger partial charge in [-0.3, -0.25) is 9.79 Å². The highest BCUT2D eigenvalue weighted by molar-refractivity contribution is 7.46. The highest BCUT2D eigenvalue weighted by Crippen LogP contribution is 2.37. The molecule has 0 aromatic heterocycles. The van der Waals surface area contributed by atoms with Gasteiger partial charge in [0.2, 0.25) is 0 Å². The van der Waals surface area contributed by atoms with E-state index in [0.717, 1.165) is 5.69 Å². The molecule has 0 aliphatic carbocycles. The van der Waals surface area contributed by atoms with Crippen molar-refractivity contribution in [3.63, 3.8) is 0 Å². The van der Waals surface area contributed by atoms with Crippen LogP contribution in [-0.2, 0) is 4.57 Å². The third-order valence-electron chi connectivity index (χ3n) is 1.53. The Morgan fingerprint density at radius 2 is 1.80 bits per heavy atom. The van der Waals surface area contributed by atoms with Crippen LogP contribution in [-0.4, -0.2) is 15.8 Å². The SMILES string of the molecule is CC(C)Nc1ccc(OP(=O)(O)O)cc1. The summed E-state index contributed by atoms with van der Waals surface area (Å²) in [6.45, 7) is 4.00. The summed E-state index contributed by atoms with van der Waals surface area (Å²) in [6, 6.07) is 6.71. The molecule has 1 aromatic rings. The second kappa shape index (κ2) is 4.66. The Hall–Kier alpha value is -1.03. The van der Waals surface area contributed by atoms with Gasteiger partial charge in [0.05, 0.1) is 0 Å². The third-order valence-corrected chi connectivity index (χ3v) is 1.98. The minimum Gasteiger partial charge on any atom is -0.404 e. The zero-order chi connectivity index (χ0) is 11.5. The quantitative estimate of drug-likeness (QED) is 0.690. The molecule has 1 rings (SSSR count). The van der Waals surface area contributed by atoms with Gasteiger partial charge in [0.25, 0.3) is 0 Å². The van der Waals surface area contributed by atoms with Crippen LogP contribution in [0.2, 0.25) is 0 Å². The molecule has 6 heteroatoms. The summed E-state index contributed by atoms with van der Waals surface area (Å²) in [7, 11) is -4.45. The summed E-state index contributed by atoms with van der Waals surface area (Å²) in [5.74, 6) is 0.151. The number of anilines is 1. The van der Waals surface area contributed by atoms with Crippen LogP contribution in [0.3, 0.4) is 0 Å². The minimum absolute atomic E-state index is 0.151. The molecule has 0 saturated heterocycles. The van der Waals surface area contributed by atoms with Crippen LogP contribution in [0.4, 0.5) is 5.69 Å². The van der Waals surface area contributed by atoms with E-state index >= 15 is 0 Å². The summed E-state index contributed by atoms with van der Waals surface area (Å²) in [4.78, 5) is 17.1. The molecule has 0 heterocycles. The topological polar surface area (TPSA) is 78.8 Å². The molecule has 0 bridgehead atoms. The van der Waals surface area contributed by atoms with Crippen LogP contribution in [0.1, 0.15) is 13.8 Å². The zero-order valence-corrected chi connectivity index (χ0v) is 9.44. The molecule has 3 N–H and O–H groups in total. The maximum atomic E-state index is 10.5. The second-order valence-electron chi connectivity index (χ2n) is 3.41. The first-order valence-electron chi connectivity index (χ1n) is 4.48. The molecule has 0 unspecified atom stereocenters. The number of benzene rings is 1. The van der Waals surface area contributed by atoms with Gasteiger partial charge in [-0.05, 0) is 38.1 Å². The van der Waals surface area contributed by atoms with E-state index in [1.54, 1.807) is 12.1 Å². The smallest absolute Gasteiger partial charge is 0.404 e. The van der Waals surface area contributed by atoms with E-state index in [-0.39, 0.29) is 5.75 Å². The highest BCUT2D eigenvalue weighted by Gasteiger charge is 2.15. The van der Waals surface area contributed by atoms with Crippen molar-refractivity contribution in [2.75, 3.05) is 5.32 Å². The third kappa shape index (κ3) is 4.83. The Balaban J connectivity index is 2.68. The van der Waals surface area contributed by atoms with E-state index in [9.17, 15) is 4.57 Å². The molecule has 0 amide bonds. The highest BCUT2D eigenvalue weighted by atomic mass is 31.2.